The maximum absolute atomic E-state index is 10.4. The molecule has 0 bridgehead atoms. The predicted molar refractivity (Wildman–Crippen MR) is 44.4 cm³/mol. The Morgan fingerprint density at radius 1 is 1.57 bits per heavy atom. The van der Waals surface area contributed by atoms with Crippen molar-refractivity contribution in [2.45, 2.75) is 6.10 Å². The maximum Gasteiger partial charge on any atom is 0.342 e. The minimum atomic E-state index is -1.73. The second-order valence-corrected chi connectivity index (χ2v) is 2.64. The highest BCUT2D eigenvalue weighted by Gasteiger charge is 2.22. The normalized spacial score (nSPS) is 12.9. The van der Waals surface area contributed by atoms with Crippen LogP contribution in [0.15, 0.2) is 22.9 Å². The molecular weight excluding hydrogens is 188 g/mol. The highest BCUT2D eigenvalue weighted by atomic mass is 16.4. The van der Waals surface area contributed by atoms with E-state index in [4.69, 9.17) is 14.6 Å². The summed E-state index contributed by atoms with van der Waals surface area (Å²) >= 11 is 0. The molecule has 1 atom stereocenters. The number of aliphatic hydroxyl groups excluding tert-OH is 1. The Morgan fingerprint density at radius 2 is 2.36 bits per heavy atom. The van der Waals surface area contributed by atoms with Gasteiger partial charge in [-0.05, 0) is 6.07 Å². The molecule has 6 heteroatoms. The fraction of sp³-hybridized carbons (Fsp3) is 0.125. The van der Waals surface area contributed by atoms with E-state index in [-0.39, 0.29) is 5.89 Å². The largest absolute Gasteiger partial charge is 0.479 e. The summed E-state index contributed by atoms with van der Waals surface area (Å²) in [4.78, 5) is 18.0. The molecule has 1 unspecified atom stereocenters. The lowest BCUT2D eigenvalue weighted by molar-refractivity contribution is -0.148. The molecule has 6 nitrogen and oxygen atoms in total. The van der Waals surface area contributed by atoms with Crippen molar-refractivity contribution >= 4 is 17.1 Å². The highest BCUT2D eigenvalue weighted by molar-refractivity contribution is 5.75. The lowest BCUT2D eigenvalue weighted by Crippen LogP contribution is -2.10. The highest BCUT2D eigenvalue weighted by Crippen LogP contribution is 2.18. The number of hydrogen-bond acceptors (Lipinski definition) is 5. The Bertz CT molecular complexity index is 446. The number of carbonyl (C=O) groups is 1. The van der Waals surface area contributed by atoms with Crippen LogP contribution >= 0.6 is 0 Å². The monoisotopic (exact) mass is 194 g/mol. The molecule has 0 aliphatic rings. The number of nitrogens with zero attached hydrogens (tertiary/aromatic N) is 2. The Morgan fingerprint density at radius 3 is 3.00 bits per heavy atom. The van der Waals surface area contributed by atoms with Gasteiger partial charge in [0.05, 0.1) is 6.20 Å². The van der Waals surface area contributed by atoms with E-state index in [9.17, 15) is 4.79 Å². The third-order valence-electron chi connectivity index (χ3n) is 1.68. The zero-order chi connectivity index (χ0) is 10.1. The first-order chi connectivity index (χ1) is 6.68. The molecule has 0 radical (unpaired) electrons. The first-order valence-electron chi connectivity index (χ1n) is 3.80. The van der Waals surface area contributed by atoms with Crippen molar-refractivity contribution in [1.82, 2.24) is 9.97 Å². The van der Waals surface area contributed by atoms with Gasteiger partial charge < -0.3 is 14.6 Å². The molecule has 0 amide bonds. The van der Waals surface area contributed by atoms with Crippen molar-refractivity contribution in [3.05, 3.63) is 24.4 Å². The van der Waals surface area contributed by atoms with Crippen molar-refractivity contribution in [3.63, 3.8) is 0 Å². The summed E-state index contributed by atoms with van der Waals surface area (Å²) in [5.41, 5.74) is 0.818. The smallest absolute Gasteiger partial charge is 0.342 e. The minimum absolute atomic E-state index is 0.236. The lowest BCUT2D eigenvalue weighted by Gasteiger charge is -1.96. The molecule has 0 spiro atoms. The van der Waals surface area contributed by atoms with Gasteiger partial charge in [0.15, 0.2) is 5.58 Å². The van der Waals surface area contributed by atoms with Crippen molar-refractivity contribution < 1.29 is 19.4 Å². The Kier molecular flexibility index (Phi) is 1.90. The Hall–Kier alpha value is -1.95. The zero-order valence-electron chi connectivity index (χ0n) is 6.91. The number of hydrogen-bond donors (Lipinski definition) is 2. The van der Waals surface area contributed by atoms with Gasteiger partial charge in [0, 0.05) is 6.20 Å². The summed E-state index contributed by atoms with van der Waals surface area (Å²) < 4.78 is 4.99. The van der Waals surface area contributed by atoms with Gasteiger partial charge in [0.1, 0.15) is 5.52 Å². The molecular formula is C8H6N2O4. The number of fused-ring (bicyclic) bond motifs is 1. The van der Waals surface area contributed by atoms with E-state index in [1.54, 1.807) is 6.07 Å². The topological polar surface area (TPSA) is 96.5 Å². The first-order valence-corrected chi connectivity index (χ1v) is 3.80. The molecule has 0 saturated carbocycles. The average molecular weight is 194 g/mol. The molecule has 2 N–H and O–H groups in total. The standard InChI is InChI=1S/C8H6N2O4/c11-6(8(12)13)7-10-4-1-2-9-3-5(4)14-7/h1-3,6,11H,(H,12,13). The third-order valence-corrected chi connectivity index (χ3v) is 1.68. The van der Waals surface area contributed by atoms with Gasteiger partial charge in [-0.3, -0.25) is 4.98 Å². The van der Waals surface area contributed by atoms with Crippen LogP contribution in [0.5, 0.6) is 0 Å². The number of rotatable bonds is 2. The molecule has 0 aliphatic carbocycles. The quantitative estimate of drug-likeness (QED) is 0.715. The molecule has 0 saturated heterocycles. The third kappa shape index (κ3) is 1.31. The van der Waals surface area contributed by atoms with Crippen molar-refractivity contribution in [3.8, 4) is 0 Å². The van der Waals surface area contributed by atoms with E-state index < -0.39 is 12.1 Å². The van der Waals surface area contributed by atoms with Crippen molar-refractivity contribution in [1.29, 1.82) is 0 Å². The number of carboxylic acids is 1. The van der Waals surface area contributed by atoms with E-state index >= 15 is 0 Å². The molecule has 2 aromatic rings. The van der Waals surface area contributed by atoms with Gasteiger partial charge in [0.25, 0.3) is 0 Å². The van der Waals surface area contributed by atoms with E-state index in [1.165, 1.54) is 12.4 Å². The van der Waals surface area contributed by atoms with Crippen LogP contribution in [0.3, 0.4) is 0 Å². The number of aliphatic hydroxyl groups is 1. The van der Waals surface area contributed by atoms with Crippen LogP contribution in [0, 0.1) is 0 Å². The molecule has 72 valence electrons. The molecule has 0 fully saturated rings. The SMILES string of the molecule is O=C(O)C(O)c1nc2ccncc2o1. The summed E-state index contributed by atoms with van der Waals surface area (Å²) in [6, 6.07) is 1.57. The van der Waals surface area contributed by atoms with E-state index in [1.807, 2.05) is 0 Å². The summed E-state index contributed by atoms with van der Waals surface area (Å²) in [6.45, 7) is 0. The van der Waals surface area contributed by atoms with Crippen molar-refractivity contribution in [2.24, 2.45) is 0 Å². The van der Waals surface area contributed by atoms with Crippen LogP contribution < -0.4 is 0 Å². The van der Waals surface area contributed by atoms with Gasteiger partial charge in [0.2, 0.25) is 12.0 Å². The van der Waals surface area contributed by atoms with Crippen LogP contribution in [-0.2, 0) is 4.79 Å². The number of oxazole rings is 1. The molecule has 14 heavy (non-hydrogen) atoms. The second kappa shape index (κ2) is 3.08. The van der Waals surface area contributed by atoms with E-state index in [0.717, 1.165) is 0 Å². The number of aliphatic carboxylic acids is 1. The van der Waals surface area contributed by atoms with Gasteiger partial charge in [-0.15, -0.1) is 0 Å². The maximum atomic E-state index is 10.4. The van der Waals surface area contributed by atoms with Gasteiger partial charge in [-0.25, -0.2) is 9.78 Å². The van der Waals surface area contributed by atoms with Crippen LogP contribution in [-0.4, -0.2) is 26.2 Å². The van der Waals surface area contributed by atoms with Gasteiger partial charge >= 0.3 is 5.97 Å². The average Bonchev–Trinajstić information content (AvgIpc) is 2.59. The molecule has 2 aromatic heterocycles. The summed E-state index contributed by atoms with van der Waals surface area (Å²) in [7, 11) is 0. The van der Waals surface area contributed by atoms with Crippen LogP contribution in [0.1, 0.15) is 12.0 Å². The summed E-state index contributed by atoms with van der Waals surface area (Å²) in [6.07, 6.45) is 1.17. The predicted octanol–water partition coefficient (Wildman–Crippen LogP) is 0.341. The first kappa shape index (κ1) is 8.64. The van der Waals surface area contributed by atoms with Gasteiger partial charge in [-0.2, -0.15) is 0 Å². The van der Waals surface area contributed by atoms with Crippen LogP contribution in [0.4, 0.5) is 0 Å². The second-order valence-electron chi connectivity index (χ2n) is 2.64. The van der Waals surface area contributed by atoms with Crippen molar-refractivity contribution in [2.75, 3.05) is 0 Å². The number of aromatic nitrogens is 2. The molecule has 0 aliphatic heterocycles. The fourth-order valence-corrected chi connectivity index (χ4v) is 1.02. The molecule has 2 rings (SSSR count). The van der Waals surface area contributed by atoms with E-state index in [2.05, 4.69) is 9.97 Å². The molecule has 2 heterocycles. The zero-order valence-corrected chi connectivity index (χ0v) is 6.91. The Balaban J connectivity index is 2.50. The van der Waals surface area contributed by atoms with Crippen LogP contribution in [0.25, 0.3) is 11.1 Å². The summed E-state index contributed by atoms with van der Waals surface area (Å²) in [5, 5.41) is 17.6. The summed E-state index contributed by atoms with van der Waals surface area (Å²) in [5.74, 6) is -1.63. The number of pyridine rings is 1. The van der Waals surface area contributed by atoms with Gasteiger partial charge in [-0.1, -0.05) is 0 Å². The Labute approximate surface area is 77.8 Å². The van der Waals surface area contributed by atoms with Crippen LogP contribution in [0.2, 0.25) is 0 Å². The fourth-order valence-electron chi connectivity index (χ4n) is 1.02. The number of carboxylic acid groups (broad SMARTS) is 1. The molecule has 0 aromatic carbocycles. The minimum Gasteiger partial charge on any atom is -0.479 e. The lowest BCUT2D eigenvalue weighted by atomic mass is 10.4. The van der Waals surface area contributed by atoms with E-state index in [0.29, 0.717) is 11.1 Å².